The molecule has 0 aromatic heterocycles. The number of nitrogens with one attached hydrogen (secondary N) is 1. The van der Waals surface area contributed by atoms with Crippen molar-refractivity contribution in [3.8, 4) is 0 Å². The number of hydrogen-bond acceptors (Lipinski definition) is 3. The van der Waals surface area contributed by atoms with Crippen LogP contribution in [0.3, 0.4) is 0 Å². The summed E-state index contributed by atoms with van der Waals surface area (Å²) < 4.78 is 5.49. The average Bonchev–Trinajstić information content (AvgIpc) is 2.40. The van der Waals surface area contributed by atoms with Crippen molar-refractivity contribution in [2.24, 2.45) is 0 Å². The van der Waals surface area contributed by atoms with Crippen molar-refractivity contribution in [1.82, 2.24) is 5.32 Å². The number of hydrogen-bond donors (Lipinski definition) is 1. The van der Waals surface area contributed by atoms with Crippen molar-refractivity contribution in [2.75, 3.05) is 19.5 Å². The molecule has 2 atom stereocenters. The molecule has 2 rings (SSSR count). The summed E-state index contributed by atoms with van der Waals surface area (Å²) in [6, 6.07) is 9.72. The first-order valence-corrected chi connectivity index (χ1v) is 7.50. The molecule has 0 bridgehead atoms. The zero-order chi connectivity index (χ0) is 12.1. The second-order valence-corrected chi connectivity index (χ2v) is 5.46. The zero-order valence-corrected chi connectivity index (χ0v) is 11.4. The molecule has 2 nitrogen and oxygen atoms in total. The lowest BCUT2D eigenvalue weighted by Gasteiger charge is -2.27. The van der Waals surface area contributed by atoms with Crippen LogP contribution >= 0.6 is 11.8 Å². The Labute approximate surface area is 108 Å². The lowest BCUT2D eigenvalue weighted by molar-refractivity contribution is 0.0671. The van der Waals surface area contributed by atoms with Gasteiger partial charge in [0.2, 0.25) is 0 Å². The molecule has 2 unspecified atom stereocenters. The summed E-state index contributed by atoms with van der Waals surface area (Å²) in [7, 11) is 0. The molecular formula is C14H21NOS. The fourth-order valence-electron chi connectivity index (χ4n) is 2.21. The maximum Gasteiger partial charge on any atom is 0.0619 e. The van der Waals surface area contributed by atoms with Crippen molar-refractivity contribution >= 4 is 11.8 Å². The van der Waals surface area contributed by atoms with Crippen molar-refractivity contribution < 1.29 is 4.74 Å². The molecule has 1 aromatic rings. The highest BCUT2D eigenvalue weighted by Gasteiger charge is 2.16. The van der Waals surface area contributed by atoms with Crippen molar-refractivity contribution in [3.05, 3.63) is 29.8 Å². The van der Waals surface area contributed by atoms with Crippen LogP contribution in [0.15, 0.2) is 29.2 Å². The third-order valence-corrected chi connectivity index (χ3v) is 4.01. The first-order chi connectivity index (χ1) is 8.29. The van der Waals surface area contributed by atoms with Crippen LogP contribution in [0.25, 0.3) is 0 Å². The van der Waals surface area contributed by atoms with Gasteiger partial charge in [0, 0.05) is 23.6 Å². The molecule has 0 saturated carbocycles. The Morgan fingerprint density at radius 2 is 2.12 bits per heavy atom. The Morgan fingerprint density at radius 1 is 1.35 bits per heavy atom. The standard InChI is InChI=1S/C14H21NOS/c1-11(15-13-4-3-9-16-10-13)12-5-7-14(17-2)8-6-12/h5-8,11,13,15H,3-4,9-10H2,1-2H3. The monoisotopic (exact) mass is 251 g/mol. The molecule has 1 saturated heterocycles. The molecule has 0 amide bonds. The van der Waals surface area contributed by atoms with Crippen molar-refractivity contribution in [3.63, 3.8) is 0 Å². The molecular weight excluding hydrogens is 230 g/mol. The summed E-state index contributed by atoms with van der Waals surface area (Å²) in [6.45, 7) is 4.00. The largest absolute Gasteiger partial charge is 0.380 e. The van der Waals surface area contributed by atoms with Crippen LogP contribution in [0.2, 0.25) is 0 Å². The quantitative estimate of drug-likeness (QED) is 0.830. The Kier molecular flexibility index (Phi) is 4.89. The highest BCUT2D eigenvalue weighted by Crippen LogP contribution is 2.20. The van der Waals surface area contributed by atoms with Gasteiger partial charge in [0.25, 0.3) is 0 Å². The molecule has 0 radical (unpaired) electrons. The van der Waals surface area contributed by atoms with Crippen LogP contribution in [0.1, 0.15) is 31.4 Å². The van der Waals surface area contributed by atoms with Crippen LogP contribution in [0.5, 0.6) is 0 Å². The van der Waals surface area contributed by atoms with E-state index < -0.39 is 0 Å². The Balaban J connectivity index is 1.91. The maximum atomic E-state index is 5.49. The van der Waals surface area contributed by atoms with E-state index in [1.807, 2.05) is 0 Å². The van der Waals surface area contributed by atoms with Crippen molar-refractivity contribution in [1.29, 1.82) is 0 Å². The van der Waals surface area contributed by atoms with Gasteiger partial charge in [-0.3, -0.25) is 0 Å². The van der Waals surface area contributed by atoms with Gasteiger partial charge in [-0.25, -0.2) is 0 Å². The van der Waals surface area contributed by atoms with Gasteiger partial charge in [0.15, 0.2) is 0 Å². The Bertz CT molecular complexity index is 333. The second kappa shape index (κ2) is 6.43. The van der Waals surface area contributed by atoms with Crippen LogP contribution in [0.4, 0.5) is 0 Å². The summed E-state index contributed by atoms with van der Waals surface area (Å²) >= 11 is 1.78. The van der Waals surface area contributed by atoms with Gasteiger partial charge in [-0.15, -0.1) is 11.8 Å². The van der Waals surface area contributed by atoms with Gasteiger partial charge in [-0.2, -0.15) is 0 Å². The highest BCUT2D eigenvalue weighted by atomic mass is 32.2. The first kappa shape index (κ1) is 12.9. The van der Waals surface area contributed by atoms with E-state index >= 15 is 0 Å². The van der Waals surface area contributed by atoms with E-state index in [2.05, 4.69) is 42.8 Å². The minimum absolute atomic E-state index is 0.401. The number of benzene rings is 1. The van der Waals surface area contributed by atoms with E-state index in [1.165, 1.54) is 23.3 Å². The average molecular weight is 251 g/mol. The molecule has 1 aliphatic rings. The fourth-order valence-corrected chi connectivity index (χ4v) is 2.62. The molecule has 3 heteroatoms. The van der Waals surface area contributed by atoms with E-state index in [9.17, 15) is 0 Å². The minimum atomic E-state index is 0.401. The molecule has 1 aromatic carbocycles. The van der Waals surface area contributed by atoms with Crippen LogP contribution < -0.4 is 5.32 Å². The van der Waals surface area contributed by atoms with Gasteiger partial charge in [-0.05, 0) is 43.7 Å². The number of rotatable bonds is 4. The Hall–Kier alpha value is -0.510. The third-order valence-electron chi connectivity index (χ3n) is 3.26. The smallest absolute Gasteiger partial charge is 0.0619 e. The molecule has 0 aliphatic carbocycles. The van der Waals surface area contributed by atoms with E-state index in [4.69, 9.17) is 4.74 Å². The number of ether oxygens (including phenoxy) is 1. The molecule has 1 aliphatic heterocycles. The van der Waals surface area contributed by atoms with E-state index in [0.29, 0.717) is 12.1 Å². The lowest BCUT2D eigenvalue weighted by atomic mass is 10.1. The normalized spacial score (nSPS) is 22.4. The van der Waals surface area contributed by atoms with E-state index in [0.717, 1.165) is 13.2 Å². The second-order valence-electron chi connectivity index (χ2n) is 4.58. The van der Waals surface area contributed by atoms with Gasteiger partial charge in [-0.1, -0.05) is 12.1 Å². The maximum absolute atomic E-state index is 5.49. The zero-order valence-electron chi connectivity index (χ0n) is 10.6. The molecule has 1 heterocycles. The molecule has 1 N–H and O–H groups in total. The first-order valence-electron chi connectivity index (χ1n) is 6.27. The Morgan fingerprint density at radius 3 is 2.71 bits per heavy atom. The predicted molar refractivity (Wildman–Crippen MR) is 73.6 cm³/mol. The summed E-state index contributed by atoms with van der Waals surface area (Å²) in [4.78, 5) is 1.32. The molecule has 1 fully saturated rings. The van der Waals surface area contributed by atoms with Gasteiger partial charge >= 0.3 is 0 Å². The SMILES string of the molecule is CSc1ccc(C(C)NC2CCCOC2)cc1. The topological polar surface area (TPSA) is 21.3 Å². The highest BCUT2D eigenvalue weighted by molar-refractivity contribution is 7.98. The van der Waals surface area contributed by atoms with Crippen LogP contribution in [-0.4, -0.2) is 25.5 Å². The van der Waals surface area contributed by atoms with E-state index in [-0.39, 0.29) is 0 Å². The predicted octanol–water partition coefficient (Wildman–Crippen LogP) is 3.24. The third kappa shape index (κ3) is 3.73. The number of thioether (sulfide) groups is 1. The van der Waals surface area contributed by atoms with Gasteiger partial charge in [0.05, 0.1) is 6.61 Å². The van der Waals surface area contributed by atoms with Crippen LogP contribution in [-0.2, 0) is 4.74 Å². The molecule has 17 heavy (non-hydrogen) atoms. The molecule has 0 spiro atoms. The summed E-state index contributed by atoms with van der Waals surface area (Å²) in [6.07, 6.45) is 4.51. The minimum Gasteiger partial charge on any atom is -0.380 e. The fraction of sp³-hybridized carbons (Fsp3) is 0.571. The molecule has 94 valence electrons. The summed E-state index contributed by atoms with van der Waals surface area (Å²) in [5, 5.41) is 3.64. The van der Waals surface area contributed by atoms with Crippen LogP contribution in [0, 0.1) is 0 Å². The van der Waals surface area contributed by atoms with Crippen molar-refractivity contribution in [2.45, 2.75) is 36.7 Å². The lowest BCUT2D eigenvalue weighted by Crippen LogP contribution is -2.38. The summed E-state index contributed by atoms with van der Waals surface area (Å²) in [5.41, 5.74) is 1.35. The summed E-state index contributed by atoms with van der Waals surface area (Å²) in [5.74, 6) is 0. The van der Waals surface area contributed by atoms with E-state index in [1.54, 1.807) is 11.8 Å². The van der Waals surface area contributed by atoms with Gasteiger partial charge in [0.1, 0.15) is 0 Å². The van der Waals surface area contributed by atoms with Gasteiger partial charge < -0.3 is 10.1 Å².